The molecule has 0 aromatic carbocycles. The lowest BCUT2D eigenvalue weighted by Gasteiger charge is -2.37. The van der Waals surface area contributed by atoms with Crippen LogP contribution in [0.4, 0.5) is 10.3 Å². The molecule has 216 valence electrons. The predicted molar refractivity (Wildman–Crippen MR) is 139 cm³/mol. The van der Waals surface area contributed by atoms with Crippen LogP contribution in [0.1, 0.15) is 43.9 Å². The largest absolute Gasteiger partial charge is 0.479 e. The number of nitrogens with zero attached hydrogens (tertiary/aromatic N) is 8. The molecule has 0 N–H and O–H groups in total. The van der Waals surface area contributed by atoms with E-state index in [2.05, 4.69) is 30.1 Å². The summed E-state index contributed by atoms with van der Waals surface area (Å²) >= 11 is 0. The average Bonchev–Trinajstić information content (AvgIpc) is 3.63. The summed E-state index contributed by atoms with van der Waals surface area (Å²) in [6, 6.07) is 0. The lowest BCUT2D eigenvalue weighted by atomic mass is 10.1. The van der Waals surface area contributed by atoms with Crippen molar-refractivity contribution < 1.29 is 31.8 Å². The van der Waals surface area contributed by atoms with Gasteiger partial charge in [-0.05, 0) is 26.2 Å². The van der Waals surface area contributed by atoms with E-state index in [1.807, 2.05) is 6.92 Å². The molecule has 2 aliphatic rings. The van der Waals surface area contributed by atoms with Gasteiger partial charge in [0.15, 0.2) is 33.0 Å². The van der Waals surface area contributed by atoms with Gasteiger partial charge in [0, 0.05) is 26.3 Å². The summed E-state index contributed by atoms with van der Waals surface area (Å²) in [6.07, 6.45) is 4.37. The van der Waals surface area contributed by atoms with Gasteiger partial charge in [-0.15, -0.1) is 10.2 Å². The fraction of sp³-hybridized carbons (Fsp3) is 0.583. The minimum atomic E-state index is -3.85. The molecule has 0 spiro atoms. The molecule has 2 aliphatic heterocycles. The van der Waals surface area contributed by atoms with Crippen molar-refractivity contribution in [3.8, 4) is 17.4 Å². The van der Waals surface area contributed by atoms with E-state index in [0.717, 1.165) is 18.8 Å². The highest BCUT2D eigenvalue weighted by Crippen LogP contribution is 2.36. The quantitative estimate of drug-likeness (QED) is 0.341. The Bertz CT molecular complexity index is 1390. The Balaban J connectivity index is 1.52. The van der Waals surface area contributed by atoms with Crippen LogP contribution in [0.2, 0.25) is 0 Å². The zero-order valence-corrected chi connectivity index (χ0v) is 23.3. The third kappa shape index (κ3) is 5.69. The van der Waals surface area contributed by atoms with Crippen LogP contribution in [0.5, 0.6) is 11.8 Å². The monoisotopic (exact) mass is 578 g/mol. The first-order valence-electron chi connectivity index (χ1n) is 12.9. The van der Waals surface area contributed by atoms with Crippen molar-refractivity contribution in [2.45, 2.75) is 49.4 Å². The van der Waals surface area contributed by atoms with Gasteiger partial charge in [-0.1, -0.05) is 0 Å². The molecular weight excluding hydrogens is 547 g/mol. The molecule has 0 unspecified atom stereocenters. The molecule has 5 heterocycles. The molecule has 0 radical (unpaired) electrons. The van der Waals surface area contributed by atoms with E-state index in [1.54, 1.807) is 9.47 Å². The number of ether oxygens (including phenoxy) is 4. The summed E-state index contributed by atoms with van der Waals surface area (Å²) in [4.78, 5) is 18.2. The Morgan fingerprint density at radius 3 is 2.42 bits per heavy atom. The molecule has 16 heteroatoms. The summed E-state index contributed by atoms with van der Waals surface area (Å²) in [5.41, 5.74) is 0.283. The second kappa shape index (κ2) is 11.9. The molecule has 2 fully saturated rings. The van der Waals surface area contributed by atoms with Gasteiger partial charge >= 0.3 is 0 Å². The van der Waals surface area contributed by atoms with Gasteiger partial charge in [0.1, 0.15) is 18.2 Å². The van der Waals surface area contributed by atoms with E-state index in [0.29, 0.717) is 32.0 Å². The van der Waals surface area contributed by atoms with Crippen molar-refractivity contribution in [2.24, 2.45) is 0 Å². The highest BCUT2D eigenvalue weighted by atomic mass is 32.2. The number of halogens is 1. The maximum atomic E-state index is 14.0. The van der Waals surface area contributed by atoms with E-state index >= 15 is 0 Å². The number of methoxy groups -OCH3 is 2. The Morgan fingerprint density at radius 2 is 1.80 bits per heavy atom. The van der Waals surface area contributed by atoms with Crippen molar-refractivity contribution in [3.63, 3.8) is 0 Å². The second-order valence-electron chi connectivity index (χ2n) is 9.40. The molecule has 0 saturated carbocycles. The highest BCUT2D eigenvalue weighted by molar-refractivity contribution is 7.91. The van der Waals surface area contributed by atoms with Crippen LogP contribution in [0.3, 0.4) is 0 Å². The predicted octanol–water partition coefficient (Wildman–Crippen LogP) is 1.45. The number of sulfone groups is 1. The molecule has 5 rings (SSSR count). The molecule has 40 heavy (non-hydrogen) atoms. The SMILES string of the molecule is CCO[C@@H]1C[C@@H](S(=O)(=O)Cc2nnc([C@H]3CCCO3)n2-c2c(OC)ncnc2OC)CN(c2ncc(F)cn2)C1. The number of rotatable bonds is 10. The van der Waals surface area contributed by atoms with Crippen molar-refractivity contribution >= 4 is 15.8 Å². The minimum absolute atomic E-state index is 0.103. The third-order valence-electron chi connectivity index (χ3n) is 6.84. The van der Waals surface area contributed by atoms with Gasteiger partial charge in [0.25, 0.3) is 0 Å². The summed E-state index contributed by atoms with van der Waals surface area (Å²) in [5, 5.41) is 7.77. The molecule has 3 aromatic heterocycles. The Morgan fingerprint density at radius 1 is 1.07 bits per heavy atom. The molecule has 2 saturated heterocycles. The van der Waals surface area contributed by atoms with Crippen LogP contribution in [0.25, 0.3) is 5.69 Å². The van der Waals surface area contributed by atoms with Gasteiger partial charge in [-0.3, -0.25) is 4.57 Å². The fourth-order valence-electron chi connectivity index (χ4n) is 5.05. The molecule has 3 aromatic rings. The van der Waals surface area contributed by atoms with Crippen LogP contribution in [-0.4, -0.2) is 95.0 Å². The van der Waals surface area contributed by atoms with Crippen LogP contribution >= 0.6 is 0 Å². The van der Waals surface area contributed by atoms with E-state index in [-0.39, 0.29) is 42.2 Å². The summed E-state index contributed by atoms with van der Waals surface area (Å²) in [7, 11) is -0.966. The first-order valence-corrected chi connectivity index (χ1v) is 14.6. The highest BCUT2D eigenvalue weighted by Gasteiger charge is 2.39. The summed E-state index contributed by atoms with van der Waals surface area (Å²) < 4.78 is 65.6. The summed E-state index contributed by atoms with van der Waals surface area (Å²) in [5.74, 6) is 0.0761. The van der Waals surface area contributed by atoms with Crippen LogP contribution in [0, 0.1) is 5.82 Å². The fourth-order valence-corrected chi connectivity index (χ4v) is 6.75. The van der Waals surface area contributed by atoms with Gasteiger partial charge in [-0.25, -0.2) is 22.8 Å². The number of anilines is 1. The zero-order valence-electron chi connectivity index (χ0n) is 22.4. The first kappa shape index (κ1) is 28.0. The number of aromatic nitrogens is 7. The third-order valence-corrected chi connectivity index (χ3v) is 8.86. The van der Waals surface area contributed by atoms with E-state index in [9.17, 15) is 12.8 Å². The first-order chi connectivity index (χ1) is 19.3. The van der Waals surface area contributed by atoms with Crippen molar-refractivity contribution in [1.82, 2.24) is 34.7 Å². The van der Waals surface area contributed by atoms with Crippen LogP contribution in [-0.2, 0) is 25.1 Å². The van der Waals surface area contributed by atoms with Crippen molar-refractivity contribution in [2.75, 3.05) is 45.4 Å². The molecular formula is C24H31FN8O6S. The van der Waals surface area contributed by atoms with E-state index in [4.69, 9.17) is 18.9 Å². The second-order valence-corrected chi connectivity index (χ2v) is 11.7. The standard InChI is InChI=1S/C24H31FN8O6S/c1-4-38-16-8-17(12-32(11-16)24-26-9-15(25)10-27-24)40(34,35)13-19-30-31-21(18-6-5-7-39-18)33(19)20-22(36-2)28-14-29-23(20)37-3/h9-10,14,16-18H,4-8,11-13H2,1-3H3/t16-,17-,18-/m1/s1. The molecule has 0 bridgehead atoms. The van der Waals surface area contributed by atoms with E-state index in [1.165, 1.54) is 20.5 Å². The van der Waals surface area contributed by atoms with Crippen molar-refractivity contribution in [3.05, 3.63) is 36.2 Å². The van der Waals surface area contributed by atoms with Gasteiger partial charge in [0.2, 0.25) is 17.7 Å². The molecule has 0 amide bonds. The number of hydrogen-bond donors (Lipinski definition) is 0. The number of hydrogen-bond acceptors (Lipinski definition) is 13. The van der Waals surface area contributed by atoms with Crippen LogP contribution in [0.15, 0.2) is 18.7 Å². The Kier molecular flexibility index (Phi) is 8.37. The average molecular weight is 579 g/mol. The van der Waals surface area contributed by atoms with E-state index < -0.39 is 38.9 Å². The lowest BCUT2D eigenvalue weighted by Crippen LogP contribution is -2.50. The van der Waals surface area contributed by atoms with Crippen molar-refractivity contribution in [1.29, 1.82) is 0 Å². The molecule has 3 atom stereocenters. The summed E-state index contributed by atoms with van der Waals surface area (Å²) in [6.45, 7) is 3.27. The maximum Gasteiger partial charge on any atom is 0.245 e. The smallest absolute Gasteiger partial charge is 0.245 e. The lowest BCUT2D eigenvalue weighted by molar-refractivity contribution is 0.0531. The number of piperidine rings is 1. The maximum absolute atomic E-state index is 14.0. The van der Waals surface area contributed by atoms with Crippen LogP contribution < -0.4 is 14.4 Å². The normalized spacial score (nSPS) is 21.5. The minimum Gasteiger partial charge on any atom is -0.479 e. The molecule has 0 aliphatic carbocycles. The topological polar surface area (TPSA) is 157 Å². The molecule has 14 nitrogen and oxygen atoms in total. The zero-order chi connectivity index (χ0) is 28.3. The Hall–Kier alpha value is -3.50. The Labute approximate surface area is 230 Å². The van der Waals surface area contributed by atoms with Gasteiger partial charge in [-0.2, -0.15) is 9.97 Å². The van der Waals surface area contributed by atoms with Gasteiger partial charge in [0.05, 0.1) is 38.0 Å². The van der Waals surface area contributed by atoms with Gasteiger partial charge < -0.3 is 23.8 Å².